The molecule has 3 rings (SSSR count). The lowest BCUT2D eigenvalue weighted by Gasteiger charge is -2.13. The number of hydrogen-bond acceptors (Lipinski definition) is 6. The van der Waals surface area contributed by atoms with Gasteiger partial charge in [0, 0.05) is 19.7 Å². The number of fused-ring (bicyclic) bond motifs is 1. The maximum atomic E-state index is 12.4. The normalized spacial score (nSPS) is 12.7. The number of hydrazine groups is 1. The molecule has 0 fully saturated rings. The number of halogens is 1. The molecule has 2 N–H and O–H groups in total. The number of nitrogens with one attached hydrogen (secondary N) is 2. The fourth-order valence-corrected chi connectivity index (χ4v) is 3.47. The summed E-state index contributed by atoms with van der Waals surface area (Å²) < 4.78 is 35.8. The number of amides is 2. The number of benzene rings is 2. The molecule has 0 spiro atoms. The van der Waals surface area contributed by atoms with Gasteiger partial charge in [-0.1, -0.05) is 11.6 Å². The van der Waals surface area contributed by atoms with Crippen molar-refractivity contribution < 1.29 is 27.5 Å². The number of nitrogens with zero attached hydrogens (tertiary/aromatic N) is 1. The molecule has 0 saturated heterocycles. The highest BCUT2D eigenvalue weighted by Crippen LogP contribution is 2.32. The van der Waals surface area contributed by atoms with Crippen molar-refractivity contribution >= 4 is 33.4 Å². The first-order chi connectivity index (χ1) is 13.2. The van der Waals surface area contributed by atoms with E-state index in [4.69, 9.17) is 21.1 Å². The molecule has 2 amide bonds. The summed E-state index contributed by atoms with van der Waals surface area (Å²) in [5.74, 6) is -0.426. The largest absolute Gasteiger partial charge is 0.454 e. The number of carbonyl (C=O) groups is 2. The highest BCUT2D eigenvalue weighted by atomic mass is 35.5. The molecule has 0 aromatic heterocycles. The monoisotopic (exact) mass is 425 g/mol. The van der Waals surface area contributed by atoms with Crippen molar-refractivity contribution in [3.63, 3.8) is 0 Å². The minimum absolute atomic E-state index is 0.0348. The molecule has 0 saturated carbocycles. The maximum Gasteiger partial charge on any atom is 0.271 e. The zero-order valence-corrected chi connectivity index (χ0v) is 16.4. The molecule has 0 aliphatic carbocycles. The van der Waals surface area contributed by atoms with Gasteiger partial charge >= 0.3 is 0 Å². The molecule has 0 radical (unpaired) electrons. The third kappa shape index (κ3) is 3.88. The van der Waals surface area contributed by atoms with Crippen LogP contribution in [0, 0.1) is 0 Å². The Bertz CT molecular complexity index is 1050. The first-order valence-electron chi connectivity index (χ1n) is 7.92. The lowest BCUT2D eigenvalue weighted by Crippen LogP contribution is -2.41. The fourth-order valence-electron chi connectivity index (χ4n) is 2.34. The molecule has 0 atom stereocenters. The van der Waals surface area contributed by atoms with E-state index in [0.717, 1.165) is 10.4 Å². The molecule has 9 nitrogen and oxygen atoms in total. The summed E-state index contributed by atoms with van der Waals surface area (Å²) >= 11 is 6.00. The molecule has 28 heavy (non-hydrogen) atoms. The lowest BCUT2D eigenvalue weighted by atomic mass is 10.2. The second-order valence-corrected chi connectivity index (χ2v) is 8.46. The quantitative estimate of drug-likeness (QED) is 0.715. The van der Waals surface area contributed by atoms with E-state index in [-0.39, 0.29) is 27.8 Å². The van der Waals surface area contributed by atoms with Gasteiger partial charge < -0.3 is 9.47 Å². The fraction of sp³-hybridized carbons (Fsp3) is 0.176. The van der Waals surface area contributed by atoms with Gasteiger partial charge in [0.2, 0.25) is 16.8 Å². The second kappa shape index (κ2) is 7.66. The summed E-state index contributed by atoms with van der Waals surface area (Å²) in [7, 11) is -1.01. The predicted molar refractivity (Wildman–Crippen MR) is 99.8 cm³/mol. The zero-order chi connectivity index (χ0) is 20.5. The Hall–Kier alpha value is -2.82. The third-order valence-electron chi connectivity index (χ3n) is 3.89. The Morgan fingerprint density at radius 1 is 1.00 bits per heavy atom. The van der Waals surface area contributed by atoms with Crippen LogP contribution >= 0.6 is 11.6 Å². The molecule has 0 bridgehead atoms. The van der Waals surface area contributed by atoms with Crippen LogP contribution in [0.15, 0.2) is 41.3 Å². The van der Waals surface area contributed by atoms with E-state index in [1.165, 1.54) is 38.4 Å². The maximum absolute atomic E-state index is 12.4. The van der Waals surface area contributed by atoms with Gasteiger partial charge in [0.1, 0.15) is 0 Å². The molecule has 11 heteroatoms. The number of hydrogen-bond donors (Lipinski definition) is 2. The highest BCUT2D eigenvalue weighted by Gasteiger charge is 2.21. The van der Waals surface area contributed by atoms with Crippen LogP contribution in [0.5, 0.6) is 11.5 Å². The third-order valence-corrected chi connectivity index (χ3v) is 6.03. The molecule has 1 heterocycles. The van der Waals surface area contributed by atoms with Gasteiger partial charge in [-0.3, -0.25) is 20.4 Å². The summed E-state index contributed by atoms with van der Waals surface area (Å²) in [4.78, 5) is 24.5. The van der Waals surface area contributed by atoms with Crippen LogP contribution in [-0.4, -0.2) is 45.4 Å². The molecular weight excluding hydrogens is 410 g/mol. The molecule has 2 aromatic carbocycles. The van der Waals surface area contributed by atoms with Crippen molar-refractivity contribution in [2.24, 2.45) is 0 Å². The van der Waals surface area contributed by atoms with Crippen molar-refractivity contribution in [3.05, 3.63) is 52.5 Å². The van der Waals surface area contributed by atoms with Gasteiger partial charge in [-0.2, -0.15) is 0 Å². The van der Waals surface area contributed by atoms with Gasteiger partial charge in [0.15, 0.2) is 11.5 Å². The first kappa shape index (κ1) is 19.9. The molecule has 0 unspecified atom stereocenters. The summed E-state index contributed by atoms with van der Waals surface area (Å²) in [5.41, 5.74) is 4.59. The van der Waals surface area contributed by atoms with Gasteiger partial charge in [0.25, 0.3) is 11.8 Å². The van der Waals surface area contributed by atoms with E-state index in [1.807, 2.05) is 0 Å². The Balaban J connectivity index is 1.73. The van der Waals surface area contributed by atoms with Crippen molar-refractivity contribution in [2.45, 2.75) is 4.90 Å². The Morgan fingerprint density at radius 2 is 1.68 bits per heavy atom. The Labute approximate surface area is 166 Å². The summed E-state index contributed by atoms with van der Waals surface area (Å²) in [6.07, 6.45) is 0. The van der Waals surface area contributed by atoms with Crippen LogP contribution in [0.3, 0.4) is 0 Å². The SMILES string of the molecule is CN(C)S(=O)(=O)c1ccc(Cl)c(C(=O)NNC(=O)c2ccc3c(c2)OCO3)c1. The molecular formula is C17H16ClN3O6S. The average molecular weight is 426 g/mol. The Morgan fingerprint density at radius 3 is 2.39 bits per heavy atom. The van der Waals surface area contributed by atoms with Crippen molar-refractivity contribution in [2.75, 3.05) is 20.9 Å². The van der Waals surface area contributed by atoms with Gasteiger partial charge in [0.05, 0.1) is 15.5 Å². The van der Waals surface area contributed by atoms with Gasteiger partial charge in [-0.25, -0.2) is 12.7 Å². The van der Waals surface area contributed by atoms with Crippen LogP contribution in [-0.2, 0) is 10.0 Å². The van der Waals surface area contributed by atoms with Crippen molar-refractivity contribution in [3.8, 4) is 11.5 Å². The second-order valence-electron chi connectivity index (χ2n) is 5.91. The van der Waals surface area contributed by atoms with E-state index >= 15 is 0 Å². The van der Waals surface area contributed by atoms with Crippen LogP contribution in [0.2, 0.25) is 5.02 Å². The molecule has 2 aromatic rings. The summed E-state index contributed by atoms with van der Waals surface area (Å²) in [5, 5.41) is 0.0348. The van der Waals surface area contributed by atoms with E-state index < -0.39 is 21.8 Å². The predicted octanol–water partition coefficient (Wildman–Crippen LogP) is 1.39. The summed E-state index contributed by atoms with van der Waals surface area (Å²) in [6.45, 7) is 0.0713. The van der Waals surface area contributed by atoms with Gasteiger partial charge in [-0.15, -0.1) is 0 Å². The van der Waals surface area contributed by atoms with Crippen LogP contribution in [0.4, 0.5) is 0 Å². The Kier molecular flexibility index (Phi) is 5.45. The van der Waals surface area contributed by atoms with Gasteiger partial charge in [-0.05, 0) is 36.4 Å². The van der Waals surface area contributed by atoms with Crippen LogP contribution in [0.1, 0.15) is 20.7 Å². The molecule has 148 valence electrons. The lowest BCUT2D eigenvalue weighted by molar-refractivity contribution is 0.0846. The minimum Gasteiger partial charge on any atom is -0.454 e. The molecule has 1 aliphatic rings. The van der Waals surface area contributed by atoms with Crippen LogP contribution < -0.4 is 20.3 Å². The van der Waals surface area contributed by atoms with E-state index in [2.05, 4.69) is 10.9 Å². The topological polar surface area (TPSA) is 114 Å². The average Bonchev–Trinajstić information content (AvgIpc) is 3.13. The minimum atomic E-state index is -3.75. The van der Waals surface area contributed by atoms with E-state index in [1.54, 1.807) is 6.07 Å². The highest BCUT2D eigenvalue weighted by molar-refractivity contribution is 7.89. The number of sulfonamides is 1. The number of rotatable bonds is 4. The summed E-state index contributed by atoms with van der Waals surface area (Å²) in [6, 6.07) is 8.28. The van der Waals surface area contributed by atoms with Crippen molar-refractivity contribution in [1.82, 2.24) is 15.2 Å². The number of ether oxygens (including phenoxy) is 2. The van der Waals surface area contributed by atoms with E-state index in [9.17, 15) is 18.0 Å². The number of carbonyl (C=O) groups excluding carboxylic acids is 2. The smallest absolute Gasteiger partial charge is 0.271 e. The first-order valence-corrected chi connectivity index (χ1v) is 9.74. The van der Waals surface area contributed by atoms with E-state index in [0.29, 0.717) is 11.5 Å². The van der Waals surface area contributed by atoms with Crippen molar-refractivity contribution in [1.29, 1.82) is 0 Å². The molecule has 1 aliphatic heterocycles. The van der Waals surface area contributed by atoms with Crippen LogP contribution in [0.25, 0.3) is 0 Å². The standard InChI is InChI=1S/C17H16ClN3O6S/c1-21(2)28(24,25)11-4-5-13(18)12(8-11)17(23)20-19-16(22)10-3-6-14-15(7-10)27-9-26-14/h3-8H,9H2,1-2H3,(H,19,22)(H,20,23). The zero-order valence-electron chi connectivity index (χ0n) is 14.9.